The van der Waals surface area contributed by atoms with E-state index in [0.717, 1.165) is 35.1 Å². The van der Waals surface area contributed by atoms with Gasteiger partial charge in [-0.25, -0.2) is 9.17 Å². The Labute approximate surface area is 170 Å². The van der Waals surface area contributed by atoms with Crippen LogP contribution < -0.4 is 4.90 Å². The van der Waals surface area contributed by atoms with Crippen LogP contribution in [-0.4, -0.2) is 45.7 Å². The molecule has 1 heterocycles. The minimum atomic E-state index is -3.92. The smallest absolute Gasteiger partial charge is 0.372 e. The van der Waals surface area contributed by atoms with Crippen molar-refractivity contribution in [3.8, 4) is 0 Å². The van der Waals surface area contributed by atoms with Crippen molar-refractivity contribution in [2.24, 2.45) is 10.2 Å². The molecule has 0 atom stereocenters. The molecular formula is C19H25N5O4S. The Bertz CT molecular complexity index is 1060. The molecule has 0 unspecified atom stereocenters. The lowest BCUT2D eigenvalue weighted by Crippen LogP contribution is -2.24. The molecule has 3 aromatic rings. The highest BCUT2D eigenvalue weighted by Crippen LogP contribution is 2.26. The van der Waals surface area contributed by atoms with Gasteiger partial charge in [0.25, 0.3) is 0 Å². The summed E-state index contributed by atoms with van der Waals surface area (Å²) in [7, 11) is -1.02. The van der Waals surface area contributed by atoms with Gasteiger partial charge in [0.1, 0.15) is 0 Å². The van der Waals surface area contributed by atoms with E-state index >= 15 is 0 Å². The first kappa shape index (κ1) is 22.5. The zero-order valence-electron chi connectivity index (χ0n) is 15.8. The molecule has 0 radical (unpaired) electrons. The molecule has 9 nitrogen and oxygen atoms in total. The molecule has 0 fully saturated rings. The lowest BCUT2D eigenvalue weighted by molar-refractivity contribution is 0.248. The van der Waals surface area contributed by atoms with E-state index in [1.165, 1.54) is 0 Å². The fourth-order valence-corrected chi connectivity index (χ4v) is 2.91. The summed E-state index contributed by atoms with van der Waals surface area (Å²) in [5, 5.41) is 8.45. The highest BCUT2D eigenvalue weighted by Gasteiger charge is 2.10. The quantitative estimate of drug-likeness (QED) is 0.546. The number of nitrogens with one attached hydrogen (secondary N) is 1. The van der Waals surface area contributed by atoms with E-state index in [1.54, 1.807) is 0 Å². The average Bonchev–Trinajstić information content (AvgIpc) is 3.09. The highest BCUT2D eigenvalue weighted by atomic mass is 32.3. The van der Waals surface area contributed by atoms with Crippen molar-refractivity contribution in [3.05, 3.63) is 48.0 Å². The molecule has 1 aromatic heterocycles. The lowest BCUT2D eigenvalue weighted by atomic mass is 10.1. The van der Waals surface area contributed by atoms with Crippen LogP contribution in [0.2, 0.25) is 0 Å². The Morgan fingerprint density at radius 1 is 1.17 bits per heavy atom. The molecule has 2 aromatic carbocycles. The molecule has 0 aliphatic heterocycles. The molecule has 29 heavy (non-hydrogen) atoms. The number of rotatable bonds is 8. The van der Waals surface area contributed by atoms with Gasteiger partial charge in [0.15, 0.2) is 0 Å². The molecule has 0 aliphatic rings. The largest absolute Gasteiger partial charge is 0.399 e. The summed E-state index contributed by atoms with van der Waals surface area (Å²) in [6.07, 6.45) is 0. The second-order valence-electron chi connectivity index (χ2n) is 6.07. The molecule has 0 spiro atoms. The molecule has 0 saturated heterocycles. The molecule has 0 saturated carbocycles. The SMILES string of the molecule is C.COS(=O)(=O)OCCN(C)c1ccc(N=Nc2nc3ccccc3[nH]2)c(C)c1. The molecule has 3 rings (SSSR count). The molecule has 0 amide bonds. The zero-order chi connectivity index (χ0) is 20.1. The predicted octanol–water partition coefficient (Wildman–Crippen LogP) is 4.27. The van der Waals surface area contributed by atoms with E-state index in [-0.39, 0.29) is 14.0 Å². The van der Waals surface area contributed by atoms with Gasteiger partial charge in [0, 0.05) is 19.3 Å². The summed E-state index contributed by atoms with van der Waals surface area (Å²) in [5.74, 6) is 0.443. The number of nitrogens with zero attached hydrogens (tertiary/aromatic N) is 4. The number of aromatic nitrogens is 2. The second kappa shape index (κ2) is 9.59. The summed E-state index contributed by atoms with van der Waals surface area (Å²) >= 11 is 0. The standard InChI is InChI=1S/C18H21N5O4S.CH4/c1-13-12-14(23(2)10-11-27-28(24,25)26-3)8-9-15(13)21-22-18-19-16-6-4-5-7-17(16)20-18;/h4-9,12H,10-11H2,1-3H3,(H,19,20);1H4. The van der Waals surface area contributed by atoms with E-state index < -0.39 is 10.4 Å². The van der Waals surface area contributed by atoms with E-state index in [9.17, 15) is 8.42 Å². The van der Waals surface area contributed by atoms with Crippen LogP contribution in [-0.2, 0) is 18.8 Å². The predicted molar refractivity (Wildman–Crippen MR) is 113 cm³/mol. The van der Waals surface area contributed by atoms with Crippen LogP contribution in [0.4, 0.5) is 17.3 Å². The van der Waals surface area contributed by atoms with Crippen molar-refractivity contribution in [3.63, 3.8) is 0 Å². The Kier molecular flexibility index (Phi) is 7.43. The van der Waals surface area contributed by atoms with Crippen molar-refractivity contribution < 1.29 is 16.8 Å². The number of hydrogen-bond donors (Lipinski definition) is 1. The molecule has 10 heteroatoms. The second-order valence-corrected chi connectivity index (χ2v) is 7.45. The number of azo groups is 1. The minimum Gasteiger partial charge on any atom is -0.372 e. The number of benzene rings is 2. The monoisotopic (exact) mass is 419 g/mol. The van der Waals surface area contributed by atoms with Crippen LogP contribution in [0.5, 0.6) is 0 Å². The Hall–Kier alpha value is -2.82. The van der Waals surface area contributed by atoms with Crippen LogP contribution in [0.25, 0.3) is 11.0 Å². The number of fused-ring (bicyclic) bond motifs is 1. The zero-order valence-corrected chi connectivity index (χ0v) is 16.6. The van der Waals surface area contributed by atoms with Gasteiger partial charge in [0.05, 0.1) is 30.4 Å². The summed E-state index contributed by atoms with van der Waals surface area (Å²) in [6, 6.07) is 13.3. The molecular weight excluding hydrogens is 394 g/mol. The number of para-hydroxylation sites is 2. The third-order valence-electron chi connectivity index (χ3n) is 4.11. The number of aryl methyl sites for hydroxylation is 1. The highest BCUT2D eigenvalue weighted by molar-refractivity contribution is 7.81. The number of H-pyrrole nitrogens is 1. The fourth-order valence-electron chi connectivity index (χ4n) is 2.53. The summed E-state index contributed by atoms with van der Waals surface area (Å²) < 4.78 is 31.3. The number of anilines is 1. The van der Waals surface area contributed by atoms with Crippen LogP contribution in [0.15, 0.2) is 52.7 Å². The summed E-state index contributed by atoms with van der Waals surface area (Å²) in [4.78, 5) is 9.34. The first-order chi connectivity index (χ1) is 13.4. The first-order valence-corrected chi connectivity index (χ1v) is 9.84. The Morgan fingerprint density at radius 3 is 2.62 bits per heavy atom. The minimum absolute atomic E-state index is 0. The van der Waals surface area contributed by atoms with Crippen molar-refractivity contribution in [2.75, 3.05) is 32.2 Å². The molecule has 0 bridgehead atoms. The van der Waals surface area contributed by atoms with E-state index in [4.69, 9.17) is 4.18 Å². The Morgan fingerprint density at radius 2 is 1.93 bits per heavy atom. The third kappa shape index (κ3) is 5.83. The third-order valence-corrected chi connectivity index (χ3v) is 4.97. The maximum Gasteiger partial charge on any atom is 0.399 e. The fraction of sp³-hybridized carbons (Fsp3) is 0.316. The van der Waals surface area contributed by atoms with Crippen molar-refractivity contribution in [1.29, 1.82) is 0 Å². The lowest BCUT2D eigenvalue weighted by Gasteiger charge is -2.19. The van der Waals surface area contributed by atoms with Crippen LogP contribution in [0, 0.1) is 6.92 Å². The van der Waals surface area contributed by atoms with E-state index in [1.807, 2.05) is 61.3 Å². The van der Waals surface area contributed by atoms with E-state index in [0.29, 0.717) is 12.5 Å². The van der Waals surface area contributed by atoms with Crippen LogP contribution >= 0.6 is 0 Å². The maximum atomic E-state index is 11.2. The van der Waals surface area contributed by atoms with Gasteiger partial charge in [-0.15, -0.1) is 10.2 Å². The topological polar surface area (TPSA) is 109 Å². The normalized spacial score (nSPS) is 11.7. The summed E-state index contributed by atoms with van der Waals surface area (Å²) in [6.45, 7) is 2.29. The van der Waals surface area contributed by atoms with Gasteiger partial charge in [0.2, 0.25) is 5.95 Å². The first-order valence-electron chi connectivity index (χ1n) is 8.51. The number of imidazole rings is 1. The summed E-state index contributed by atoms with van der Waals surface area (Å²) in [5.41, 5.74) is 4.29. The van der Waals surface area contributed by atoms with Gasteiger partial charge in [-0.1, -0.05) is 19.6 Å². The van der Waals surface area contributed by atoms with Gasteiger partial charge in [-0.2, -0.15) is 8.42 Å². The van der Waals surface area contributed by atoms with Crippen LogP contribution in [0.3, 0.4) is 0 Å². The molecule has 1 N–H and O–H groups in total. The van der Waals surface area contributed by atoms with Gasteiger partial charge in [-0.3, -0.25) is 4.18 Å². The number of hydrogen-bond acceptors (Lipinski definition) is 8. The maximum absolute atomic E-state index is 11.2. The van der Waals surface area contributed by atoms with Crippen LogP contribution in [0.1, 0.15) is 13.0 Å². The van der Waals surface area contributed by atoms with Crippen molar-refractivity contribution in [2.45, 2.75) is 14.4 Å². The average molecular weight is 420 g/mol. The van der Waals surface area contributed by atoms with Gasteiger partial charge < -0.3 is 9.88 Å². The van der Waals surface area contributed by atoms with Gasteiger partial charge in [-0.05, 0) is 42.8 Å². The number of likely N-dealkylation sites (N-methyl/N-ethyl adjacent to an activating group) is 1. The van der Waals surface area contributed by atoms with E-state index in [2.05, 4.69) is 24.4 Å². The van der Waals surface area contributed by atoms with Crippen molar-refractivity contribution in [1.82, 2.24) is 9.97 Å². The molecule has 156 valence electrons. The molecule has 0 aliphatic carbocycles. The number of aromatic amines is 1. The van der Waals surface area contributed by atoms with Crippen molar-refractivity contribution >= 4 is 38.8 Å². The Balaban J connectivity index is 0.00000300. The van der Waals surface area contributed by atoms with Gasteiger partial charge >= 0.3 is 10.4 Å².